The summed E-state index contributed by atoms with van der Waals surface area (Å²) in [6.07, 6.45) is 1.48. The second-order valence-corrected chi connectivity index (χ2v) is 5.62. The van der Waals surface area contributed by atoms with Gasteiger partial charge < -0.3 is 4.74 Å². The first-order chi connectivity index (χ1) is 7.08. The highest BCUT2D eigenvalue weighted by atomic mass is 127. The molecular weight excluding hydrogens is 299 g/mol. The van der Waals surface area contributed by atoms with Gasteiger partial charge in [-0.05, 0) is 59.5 Å². The average Bonchev–Trinajstić information content (AvgIpc) is 2.16. The SMILES string of the molecule is CC(C)CC(C)OCc1ccc(I)cc1. The summed E-state index contributed by atoms with van der Waals surface area (Å²) in [7, 11) is 0. The number of benzene rings is 1. The van der Waals surface area contributed by atoms with Crippen LogP contribution in [0.3, 0.4) is 0 Å². The molecule has 1 nitrogen and oxygen atoms in total. The highest BCUT2D eigenvalue weighted by Gasteiger charge is 2.05. The molecule has 1 aromatic rings. The first-order valence-electron chi connectivity index (χ1n) is 5.44. The maximum Gasteiger partial charge on any atom is 0.0720 e. The molecule has 1 unspecified atom stereocenters. The molecular formula is C13H19IO. The van der Waals surface area contributed by atoms with Crippen molar-refractivity contribution in [2.24, 2.45) is 5.92 Å². The van der Waals surface area contributed by atoms with Crippen LogP contribution in [-0.2, 0) is 11.3 Å². The molecule has 0 aromatic heterocycles. The molecule has 0 fully saturated rings. The van der Waals surface area contributed by atoms with Gasteiger partial charge >= 0.3 is 0 Å². The van der Waals surface area contributed by atoms with Crippen molar-refractivity contribution in [3.05, 3.63) is 33.4 Å². The zero-order valence-corrected chi connectivity index (χ0v) is 11.8. The van der Waals surface area contributed by atoms with Crippen molar-refractivity contribution in [2.45, 2.75) is 39.9 Å². The van der Waals surface area contributed by atoms with Crippen molar-refractivity contribution in [3.8, 4) is 0 Å². The first-order valence-corrected chi connectivity index (χ1v) is 6.52. The quantitative estimate of drug-likeness (QED) is 0.738. The summed E-state index contributed by atoms with van der Waals surface area (Å²) < 4.78 is 7.05. The Morgan fingerprint density at radius 3 is 2.27 bits per heavy atom. The molecule has 0 aliphatic carbocycles. The van der Waals surface area contributed by atoms with Gasteiger partial charge in [-0.3, -0.25) is 0 Å². The van der Waals surface area contributed by atoms with Crippen LogP contribution in [0, 0.1) is 9.49 Å². The van der Waals surface area contributed by atoms with Crippen LogP contribution < -0.4 is 0 Å². The van der Waals surface area contributed by atoms with Crippen molar-refractivity contribution in [3.63, 3.8) is 0 Å². The van der Waals surface area contributed by atoms with Crippen LogP contribution in [0.15, 0.2) is 24.3 Å². The molecule has 2 heteroatoms. The number of rotatable bonds is 5. The van der Waals surface area contributed by atoms with Gasteiger partial charge in [0, 0.05) is 3.57 Å². The molecule has 0 bridgehead atoms. The van der Waals surface area contributed by atoms with Crippen LogP contribution in [0.4, 0.5) is 0 Å². The Balaban J connectivity index is 2.33. The summed E-state index contributed by atoms with van der Waals surface area (Å²) in [6.45, 7) is 7.33. The van der Waals surface area contributed by atoms with Gasteiger partial charge in [0.1, 0.15) is 0 Å². The summed E-state index contributed by atoms with van der Waals surface area (Å²) in [4.78, 5) is 0. The van der Waals surface area contributed by atoms with Gasteiger partial charge in [-0.25, -0.2) is 0 Å². The summed E-state index contributed by atoms with van der Waals surface area (Å²) in [5.74, 6) is 0.705. The predicted molar refractivity (Wildman–Crippen MR) is 72.9 cm³/mol. The van der Waals surface area contributed by atoms with E-state index in [9.17, 15) is 0 Å². The fourth-order valence-electron chi connectivity index (χ4n) is 1.55. The average molecular weight is 318 g/mol. The monoisotopic (exact) mass is 318 g/mol. The van der Waals surface area contributed by atoms with Crippen LogP contribution in [0.2, 0.25) is 0 Å². The third-order valence-electron chi connectivity index (χ3n) is 2.25. The second kappa shape index (κ2) is 6.48. The van der Waals surface area contributed by atoms with Gasteiger partial charge in [0.25, 0.3) is 0 Å². The largest absolute Gasteiger partial charge is 0.374 e. The van der Waals surface area contributed by atoms with Crippen molar-refractivity contribution < 1.29 is 4.74 Å². The van der Waals surface area contributed by atoms with Crippen LogP contribution in [0.5, 0.6) is 0 Å². The lowest BCUT2D eigenvalue weighted by molar-refractivity contribution is 0.0397. The summed E-state index contributed by atoms with van der Waals surface area (Å²) in [6, 6.07) is 8.49. The van der Waals surface area contributed by atoms with E-state index in [1.165, 1.54) is 9.13 Å². The van der Waals surface area contributed by atoms with E-state index in [-0.39, 0.29) is 0 Å². The van der Waals surface area contributed by atoms with E-state index < -0.39 is 0 Å². The van der Waals surface area contributed by atoms with Crippen molar-refractivity contribution in [2.75, 3.05) is 0 Å². The minimum atomic E-state index is 0.351. The van der Waals surface area contributed by atoms with Crippen molar-refractivity contribution in [1.29, 1.82) is 0 Å². The number of ether oxygens (including phenoxy) is 1. The molecule has 0 saturated carbocycles. The van der Waals surface area contributed by atoms with Gasteiger partial charge in [-0.15, -0.1) is 0 Å². The van der Waals surface area contributed by atoms with Crippen LogP contribution in [0.1, 0.15) is 32.8 Å². The predicted octanol–water partition coefficient (Wildman–Crippen LogP) is 4.24. The Morgan fingerprint density at radius 1 is 1.13 bits per heavy atom. The third-order valence-corrected chi connectivity index (χ3v) is 2.97. The van der Waals surface area contributed by atoms with E-state index in [2.05, 4.69) is 67.6 Å². The Labute approximate surface area is 106 Å². The Kier molecular flexibility index (Phi) is 5.61. The fraction of sp³-hybridized carbons (Fsp3) is 0.538. The lowest BCUT2D eigenvalue weighted by atomic mass is 10.1. The van der Waals surface area contributed by atoms with E-state index in [1.54, 1.807) is 0 Å². The van der Waals surface area contributed by atoms with Crippen molar-refractivity contribution >= 4 is 22.6 Å². The molecule has 0 aliphatic heterocycles. The van der Waals surface area contributed by atoms with E-state index >= 15 is 0 Å². The third kappa shape index (κ3) is 5.52. The smallest absolute Gasteiger partial charge is 0.0720 e. The normalized spacial score (nSPS) is 13.1. The zero-order valence-electron chi connectivity index (χ0n) is 9.66. The molecule has 0 saturated heterocycles. The van der Waals surface area contributed by atoms with E-state index in [0.29, 0.717) is 12.0 Å². The lowest BCUT2D eigenvalue weighted by Gasteiger charge is -2.15. The molecule has 0 N–H and O–H groups in total. The van der Waals surface area contributed by atoms with E-state index in [4.69, 9.17) is 4.74 Å². The standard InChI is InChI=1S/C13H19IO/c1-10(2)8-11(3)15-9-12-4-6-13(14)7-5-12/h4-7,10-11H,8-9H2,1-3H3. The molecule has 0 amide bonds. The molecule has 0 aliphatic rings. The highest BCUT2D eigenvalue weighted by molar-refractivity contribution is 14.1. The minimum absolute atomic E-state index is 0.351. The van der Waals surface area contributed by atoms with Crippen molar-refractivity contribution in [1.82, 2.24) is 0 Å². The molecule has 0 heterocycles. The number of hydrogen-bond donors (Lipinski definition) is 0. The molecule has 84 valence electrons. The van der Waals surface area contributed by atoms with Gasteiger partial charge in [-0.1, -0.05) is 26.0 Å². The van der Waals surface area contributed by atoms with Gasteiger partial charge in [-0.2, -0.15) is 0 Å². The molecule has 15 heavy (non-hydrogen) atoms. The van der Waals surface area contributed by atoms with Crippen LogP contribution >= 0.6 is 22.6 Å². The van der Waals surface area contributed by atoms with Crippen LogP contribution in [-0.4, -0.2) is 6.10 Å². The fourth-order valence-corrected chi connectivity index (χ4v) is 1.91. The lowest BCUT2D eigenvalue weighted by Crippen LogP contribution is -2.11. The Hall–Kier alpha value is -0.0900. The minimum Gasteiger partial charge on any atom is -0.374 e. The highest BCUT2D eigenvalue weighted by Crippen LogP contribution is 2.12. The summed E-state index contributed by atoms with van der Waals surface area (Å²) in [5.41, 5.74) is 1.26. The number of hydrogen-bond acceptors (Lipinski definition) is 1. The Bertz CT molecular complexity index is 279. The topological polar surface area (TPSA) is 9.23 Å². The van der Waals surface area contributed by atoms with Gasteiger partial charge in [0.2, 0.25) is 0 Å². The second-order valence-electron chi connectivity index (χ2n) is 4.38. The van der Waals surface area contributed by atoms with Crippen LogP contribution in [0.25, 0.3) is 0 Å². The summed E-state index contributed by atoms with van der Waals surface area (Å²) >= 11 is 2.31. The Morgan fingerprint density at radius 2 is 1.73 bits per heavy atom. The first kappa shape index (κ1) is 13.0. The van der Waals surface area contributed by atoms with E-state index in [1.807, 2.05) is 0 Å². The maximum absolute atomic E-state index is 5.78. The zero-order chi connectivity index (χ0) is 11.3. The van der Waals surface area contributed by atoms with E-state index in [0.717, 1.165) is 13.0 Å². The molecule has 1 aromatic carbocycles. The maximum atomic E-state index is 5.78. The molecule has 0 radical (unpaired) electrons. The molecule has 1 rings (SSSR count). The molecule has 0 spiro atoms. The molecule has 1 atom stereocenters. The summed E-state index contributed by atoms with van der Waals surface area (Å²) in [5, 5.41) is 0. The van der Waals surface area contributed by atoms with Gasteiger partial charge in [0.15, 0.2) is 0 Å². The number of halogens is 1. The van der Waals surface area contributed by atoms with Gasteiger partial charge in [0.05, 0.1) is 12.7 Å².